The van der Waals surface area contributed by atoms with Crippen molar-refractivity contribution in [2.24, 2.45) is 17.8 Å². The molecule has 1 aromatic rings. The van der Waals surface area contributed by atoms with E-state index >= 15 is 0 Å². The SMILES string of the molecule is CC[C@H](C)[C@@H]1NC(=O)[C@H](CC(C)C)N(C)C(=O)CN(C)C(=O)[C@H](Cc2ccccc2)NC(=O)[C@H](C(C)C)N(C)C(=O)[C@H](C)N(C)C(=O)[C@H]([C@@H](C)O)NC(=O)[C@H](C)N(C)C(=O)C(C(=O)N2CCCCC2)NC(=O)[C@H](C)NC1=O. The summed E-state index contributed by atoms with van der Waals surface area (Å²) in [5.74, 6) is -9.93. The lowest BCUT2D eigenvalue weighted by Crippen LogP contribution is -2.64. The number of aliphatic hydroxyl groups is 1. The van der Waals surface area contributed by atoms with Crippen LogP contribution in [0.1, 0.15) is 107 Å². The van der Waals surface area contributed by atoms with Crippen LogP contribution in [0.15, 0.2) is 30.3 Å². The molecule has 23 heteroatoms. The fraction of sp³-hybridized carbons (Fsp3) is 0.685. The highest BCUT2D eigenvalue weighted by Crippen LogP contribution is 2.19. The van der Waals surface area contributed by atoms with Gasteiger partial charge in [-0.3, -0.25) is 52.7 Å². The number of rotatable bonds is 9. The number of hydrogen-bond donors (Lipinski definition) is 6. The Bertz CT molecular complexity index is 2270. The quantitative estimate of drug-likeness (QED) is 0.173. The molecule has 0 spiro atoms. The molecule has 2 fully saturated rings. The first-order valence-corrected chi connectivity index (χ1v) is 26.8. The van der Waals surface area contributed by atoms with Gasteiger partial charge in [-0.2, -0.15) is 0 Å². The van der Waals surface area contributed by atoms with Gasteiger partial charge in [0.2, 0.25) is 53.2 Å². The van der Waals surface area contributed by atoms with Crippen LogP contribution in [0.25, 0.3) is 0 Å². The van der Waals surface area contributed by atoms with Crippen LogP contribution in [0.5, 0.6) is 0 Å². The van der Waals surface area contributed by atoms with Gasteiger partial charge in [0.15, 0.2) is 6.04 Å². The predicted molar refractivity (Wildman–Crippen MR) is 287 cm³/mol. The fourth-order valence-corrected chi connectivity index (χ4v) is 9.31. The molecule has 11 amide bonds. The number of hydrogen-bond acceptors (Lipinski definition) is 12. The van der Waals surface area contributed by atoms with Crippen LogP contribution >= 0.6 is 0 Å². The van der Waals surface area contributed by atoms with Crippen molar-refractivity contribution in [3.05, 3.63) is 35.9 Å². The van der Waals surface area contributed by atoms with Crippen molar-refractivity contribution in [1.29, 1.82) is 0 Å². The molecule has 2 aliphatic rings. The molecule has 1 unspecified atom stereocenters. The zero-order valence-corrected chi connectivity index (χ0v) is 47.9. The molecule has 2 aliphatic heterocycles. The summed E-state index contributed by atoms with van der Waals surface area (Å²) in [5, 5.41) is 24.1. The summed E-state index contributed by atoms with van der Waals surface area (Å²) >= 11 is 0. The molecule has 1 aromatic carbocycles. The Morgan fingerprint density at radius 3 is 1.73 bits per heavy atom. The maximum atomic E-state index is 14.5. The van der Waals surface area contributed by atoms with Crippen molar-refractivity contribution in [3.63, 3.8) is 0 Å². The van der Waals surface area contributed by atoms with E-state index in [1.807, 2.05) is 13.8 Å². The Hall–Kier alpha value is -6.65. The minimum Gasteiger partial charge on any atom is -0.391 e. The summed E-state index contributed by atoms with van der Waals surface area (Å²) in [7, 11) is 6.66. The first kappa shape index (κ1) is 64.6. The molecule has 11 atom stereocenters. The molecule has 2 saturated heterocycles. The number of nitrogens with zero attached hydrogens (tertiary/aromatic N) is 6. The summed E-state index contributed by atoms with van der Waals surface area (Å²) in [6.45, 7) is 15.9. The molecule has 2 heterocycles. The van der Waals surface area contributed by atoms with Gasteiger partial charge in [-0.05, 0) is 76.7 Å². The molecule has 430 valence electrons. The highest BCUT2D eigenvalue weighted by molar-refractivity contribution is 6.09. The van der Waals surface area contributed by atoms with Gasteiger partial charge in [0, 0.05) is 54.7 Å². The van der Waals surface area contributed by atoms with E-state index in [4.69, 9.17) is 0 Å². The summed E-state index contributed by atoms with van der Waals surface area (Å²) < 4.78 is 0. The fourth-order valence-electron chi connectivity index (χ4n) is 9.31. The number of amides is 11. The van der Waals surface area contributed by atoms with Crippen molar-refractivity contribution in [3.8, 4) is 0 Å². The molecule has 23 nitrogen and oxygen atoms in total. The normalized spacial score (nSPS) is 27.5. The number of nitrogens with one attached hydrogen (secondary N) is 5. The lowest BCUT2D eigenvalue weighted by molar-refractivity contribution is -0.151. The van der Waals surface area contributed by atoms with Gasteiger partial charge in [-0.25, -0.2) is 0 Å². The number of carbonyl (C=O) groups is 11. The number of carbonyl (C=O) groups excluding carboxylic acids is 11. The van der Waals surface area contributed by atoms with Crippen LogP contribution < -0.4 is 26.6 Å². The average Bonchev–Trinajstić information content (AvgIpc) is 3.39. The molecule has 6 N–H and O–H groups in total. The molecule has 0 saturated carbocycles. The molecule has 3 rings (SSSR count). The number of likely N-dealkylation sites (tertiary alicyclic amines) is 1. The van der Waals surface area contributed by atoms with E-state index in [1.165, 1.54) is 72.7 Å². The second-order valence-electron chi connectivity index (χ2n) is 21.6. The maximum Gasteiger partial charge on any atom is 0.255 e. The number of likely N-dealkylation sites (N-methyl/N-ethyl adjacent to an activating group) is 5. The van der Waals surface area contributed by atoms with Gasteiger partial charge in [-0.15, -0.1) is 0 Å². The summed E-state index contributed by atoms with van der Waals surface area (Å²) in [6, 6.07) is -3.68. The van der Waals surface area contributed by atoms with Crippen molar-refractivity contribution < 1.29 is 57.8 Å². The third-order valence-corrected chi connectivity index (χ3v) is 14.8. The van der Waals surface area contributed by atoms with Crippen LogP contribution in [-0.4, -0.2) is 215 Å². The monoisotopic (exact) mass is 1080 g/mol. The molecule has 77 heavy (non-hydrogen) atoms. The van der Waals surface area contributed by atoms with E-state index in [0.29, 0.717) is 24.8 Å². The Balaban J connectivity index is 2.19. The van der Waals surface area contributed by atoms with E-state index in [-0.39, 0.29) is 31.8 Å². The Morgan fingerprint density at radius 2 is 1.18 bits per heavy atom. The number of piperidine rings is 1. The topological polar surface area (TPSA) is 288 Å². The number of aliphatic hydroxyl groups excluding tert-OH is 1. The lowest BCUT2D eigenvalue weighted by atomic mass is 9.96. The zero-order chi connectivity index (χ0) is 58.3. The maximum absolute atomic E-state index is 14.5. The molecule has 0 aliphatic carbocycles. The molecular formula is C54H87N11O12. The van der Waals surface area contributed by atoms with Crippen LogP contribution in [0.2, 0.25) is 0 Å². The van der Waals surface area contributed by atoms with Crippen LogP contribution in [0.3, 0.4) is 0 Å². The van der Waals surface area contributed by atoms with Crippen molar-refractivity contribution in [1.82, 2.24) is 56.0 Å². The molecule has 0 radical (unpaired) electrons. The summed E-state index contributed by atoms with van der Waals surface area (Å²) in [5.41, 5.74) is 0.669. The van der Waals surface area contributed by atoms with Gasteiger partial charge in [-0.1, -0.05) is 78.3 Å². The molecule has 0 bridgehead atoms. The third kappa shape index (κ3) is 17.2. The van der Waals surface area contributed by atoms with Crippen LogP contribution in [0.4, 0.5) is 0 Å². The smallest absolute Gasteiger partial charge is 0.255 e. The first-order valence-electron chi connectivity index (χ1n) is 26.8. The van der Waals surface area contributed by atoms with Gasteiger partial charge < -0.3 is 61.1 Å². The van der Waals surface area contributed by atoms with Crippen molar-refractivity contribution >= 4 is 65.0 Å². The zero-order valence-electron chi connectivity index (χ0n) is 47.9. The largest absolute Gasteiger partial charge is 0.391 e. The van der Waals surface area contributed by atoms with Gasteiger partial charge >= 0.3 is 0 Å². The lowest BCUT2D eigenvalue weighted by Gasteiger charge is -2.37. The third-order valence-electron chi connectivity index (χ3n) is 14.8. The van der Waals surface area contributed by atoms with Gasteiger partial charge in [0.05, 0.1) is 12.6 Å². The van der Waals surface area contributed by atoms with E-state index < -0.39 is 144 Å². The van der Waals surface area contributed by atoms with E-state index in [1.54, 1.807) is 58.0 Å². The van der Waals surface area contributed by atoms with Gasteiger partial charge in [0.25, 0.3) is 11.8 Å². The molecule has 0 aromatic heterocycles. The number of benzene rings is 1. The van der Waals surface area contributed by atoms with Crippen molar-refractivity contribution in [2.75, 3.05) is 54.9 Å². The second kappa shape index (κ2) is 29.2. The van der Waals surface area contributed by atoms with Crippen LogP contribution in [-0.2, 0) is 59.2 Å². The minimum atomic E-state index is -1.87. The summed E-state index contributed by atoms with van der Waals surface area (Å²) in [4.78, 5) is 164. The Labute approximate surface area is 454 Å². The highest BCUT2D eigenvalue weighted by Gasteiger charge is 2.43. The van der Waals surface area contributed by atoms with E-state index in [2.05, 4.69) is 26.6 Å². The van der Waals surface area contributed by atoms with Crippen LogP contribution in [0, 0.1) is 17.8 Å². The first-order chi connectivity index (χ1) is 36.0. The molecular weight excluding hydrogens is 995 g/mol. The Morgan fingerprint density at radius 1 is 0.610 bits per heavy atom. The second-order valence-corrected chi connectivity index (χ2v) is 21.6. The minimum absolute atomic E-state index is 0.0139. The Kier molecular flexibility index (Phi) is 24.5. The standard InChI is InChI=1S/C54H87N11O12/c1-16-32(6)41-48(71)55-33(7)45(68)59-43(54(77)65-25-21-18-22-26-65)53(76)61(12)34(8)46(69)58-42(36(10)66)52(75)62(13)35(9)50(73)64(15)44(31(4)5)49(72)56-38(28-37-23-19-17-20-24-37)51(74)60(11)29-40(67)63(14)39(27-30(2)3)47(70)57-41/h17,19-20,23-24,30-36,38-39,41-44,66H,16,18,21-22,25-29H2,1-15H3,(H,55,71)(H,56,72)(H,57,70)(H,58,69)(H,59,68)/t32-,33-,34-,35-,36+,38-,39-,41-,42-,43?,44-/m0/s1. The van der Waals surface area contributed by atoms with Crippen molar-refractivity contribution in [2.45, 2.75) is 168 Å². The van der Waals surface area contributed by atoms with E-state index in [9.17, 15) is 57.8 Å². The summed E-state index contributed by atoms with van der Waals surface area (Å²) in [6.07, 6.45) is 1.08. The predicted octanol–water partition coefficient (Wildman–Crippen LogP) is -0.366. The van der Waals surface area contributed by atoms with Gasteiger partial charge in [0.1, 0.15) is 48.3 Å². The average molecular weight is 1080 g/mol. The highest BCUT2D eigenvalue weighted by atomic mass is 16.3. The van der Waals surface area contributed by atoms with E-state index in [0.717, 1.165) is 26.0 Å².